The Morgan fingerprint density at radius 1 is 1.00 bits per heavy atom. The molecule has 0 saturated carbocycles. The van der Waals surface area contributed by atoms with E-state index in [0.29, 0.717) is 24.4 Å². The van der Waals surface area contributed by atoms with Crippen molar-refractivity contribution in [3.63, 3.8) is 0 Å². The third-order valence-electron chi connectivity index (χ3n) is 5.86. The second kappa shape index (κ2) is 9.27. The van der Waals surface area contributed by atoms with Crippen LogP contribution in [0, 0.1) is 0 Å². The first kappa shape index (κ1) is 21.0. The Morgan fingerprint density at radius 3 is 2.52 bits per heavy atom. The summed E-state index contributed by atoms with van der Waals surface area (Å²) in [6.07, 6.45) is 2.06. The molecule has 0 N–H and O–H groups in total. The van der Waals surface area contributed by atoms with E-state index >= 15 is 0 Å². The quantitative estimate of drug-likeness (QED) is 0.576. The lowest BCUT2D eigenvalue weighted by Crippen LogP contribution is -2.48. The fourth-order valence-electron chi connectivity index (χ4n) is 4.10. The predicted octanol–water partition coefficient (Wildman–Crippen LogP) is 3.33. The van der Waals surface area contributed by atoms with Gasteiger partial charge in [0.2, 0.25) is 5.91 Å². The minimum atomic E-state index is -0.0205. The number of pyridine rings is 1. The molecule has 0 bridgehead atoms. The van der Waals surface area contributed by atoms with E-state index in [4.69, 9.17) is 4.74 Å². The first-order chi connectivity index (χ1) is 15.0. The van der Waals surface area contributed by atoms with Gasteiger partial charge in [-0.25, -0.2) is 0 Å². The lowest BCUT2D eigenvalue weighted by molar-refractivity contribution is -0.132. The average molecular weight is 418 g/mol. The fraction of sp³-hybridized carbons (Fsp3) is 0.320. The molecule has 2 aromatic carbocycles. The Kier molecular flexibility index (Phi) is 6.28. The van der Waals surface area contributed by atoms with Crippen LogP contribution in [-0.2, 0) is 17.8 Å². The zero-order chi connectivity index (χ0) is 21.8. The van der Waals surface area contributed by atoms with Crippen LogP contribution in [0.15, 0.2) is 54.7 Å². The van der Waals surface area contributed by atoms with E-state index in [0.717, 1.165) is 36.1 Å². The van der Waals surface area contributed by atoms with Crippen molar-refractivity contribution in [3.05, 3.63) is 71.4 Å². The number of hydrogen-bond acceptors (Lipinski definition) is 5. The highest BCUT2D eigenvalue weighted by molar-refractivity contribution is 5.94. The van der Waals surface area contributed by atoms with Gasteiger partial charge in [-0.3, -0.25) is 19.5 Å². The smallest absolute Gasteiger partial charge is 0.227 e. The molecule has 6 nitrogen and oxygen atoms in total. The number of aromatic nitrogens is 1. The summed E-state index contributed by atoms with van der Waals surface area (Å²) >= 11 is 0. The maximum atomic E-state index is 12.9. The number of fused-ring (bicyclic) bond motifs is 1. The predicted molar refractivity (Wildman–Crippen MR) is 120 cm³/mol. The van der Waals surface area contributed by atoms with Crippen molar-refractivity contribution in [1.29, 1.82) is 0 Å². The van der Waals surface area contributed by atoms with Gasteiger partial charge in [0, 0.05) is 55.4 Å². The first-order valence-corrected chi connectivity index (χ1v) is 10.6. The molecular weight excluding hydrogens is 390 g/mol. The van der Waals surface area contributed by atoms with Crippen molar-refractivity contribution in [3.8, 4) is 5.75 Å². The van der Waals surface area contributed by atoms with Gasteiger partial charge in [-0.15, -0.1) is 0 Å². The Morgan fingerprint density at radius 2 is 1.77 bits per heavy atom. The van der Waals surface area contributed by atoms with Crippen LogP contribution >= 0.6 is 0 Å². The highest BCUT2D eigenvalue weighted by Gasteiger charge is 2.23. The van der Waals surface area contributed by atoms with Gasteiger partial charge < -0.3 is 9.64 Å². The summed E-state index contributed by atoms with van der Waals surface area (Å²) in [6, 6.07) is 15.6. The van der Waals surface area contributed by atoms with Gasteiger partial charge in [0.05, 0.1) is 19.0 Å². The van der Waals surface area contributed by atoms with E-state index in [2.05, 4.69) is 34.1 Å². The minimum absolute atomic E-state index is 0.0205. The van der Waals surface area contributed by atoms with E-state index in [1.165, 1.54) is 12.5 Å². The highest BCUT2D eigenvalue weighted by atomic mass is 16.5. The number of carbonyl (C=O) groups excluding carboxylic acids is 2. The van der Waals surface area contributed by atoms with Gasteiger partial charge in [-0.05, 0) is 36.8 Å². The molecule has 1 fully saturated rings. The molecule has 1 aliphatic rings. The van der Waals surface area contributed by atoms with Crippen molar-refractivity contribution >= 4 is 22.6 Å². The molecule has 2 heterocycles. The number of benzene rings is 2. The number of hydrogen-bond donors (Lipinski definition) is 0. The zero-order valence-corrected chi connectivity index (χ0v) is 18.0. The lowest BCUT2D eigenvalue weighted by Gasteiger charge is -2.35. The highest BCUT2D eigenvalue weighted by Crippen LogP contribution is 2.22. The molecule has 0 unspecified atom stereocenters. The molecule has 160 valence electrons. The Hall–Kier alpha value is -3.25. The summed E-state index contributed by atoms with van der Waals surface area (Å²) in [7, 11) is 1.58. The van der Waals surface area contributed by atoms with Gasteiger partial charge in [0.15, 0.2) is 5.78 Å². The molecule has 31 heavy (non-hydrogen) atoms. The largest absolute Gasteiger partial charge is 0.496 e. The van der Waals surface area contributed by atoms with Crippen LogP contribution < -0.4 is 4.74 Å². The van der Waals surface area contributed by atoms with E-state index in [1.54, 1.807) is 25.3 Å². The van der Waals surface area contributed by atoms with Crippen molar-refractivity contribution < 1.29 is 14.3 Å². The number of amides is 1. The summed E-state index contributed by atoms with van der Waals surface area (Å²) in [4.78, 5) is 33.4. The van der Waals surface area contributed by atoms with Crippen LogP contribution in [0.5, 0.6) is 5.75 Å². The third-order valence-corrected chi connectivity index (χ3v) is 5.86. The Bertz CT molecular complexity index is 1100. The molecule has 3 aromatic rings. The monoisotopic (exact) mass is 417 g/mol. The summed E-state index contributed by atoms with van der Waals surface area (Å²) < 4.78 is 5.39. The maximum Gasteiger partial charge on any atom is 0.227 e. The lowest BCUT2D eigenvalue weighted by atomic mass is 10.0. The number of nitrogens with zero attached hydrogens (tertiary/aromatic N) is 3. The van der Waals surface area contributed by atoms with Crippen molar-refractivity contribution in [2.75, 3.05) is 33.3 Å². The molecule has 1 aliphatic heterocycles. The van der Waals surface area contributed by atoms with E-state index in [9.17, 15) is 9.59 Å². The molecule has 1 aromatic heterocycles. The Labute approximate surface area is 182 Å². The van der Waals surface area contributed by atoms with Crippen LogP contribution in [0.4, 0.5) is 0 Å². The van der Waals surface area contributed by atoms with Gasteiger partial charge in [-0.1, -0.05) is 24.3 Å². The number of rotatable bonds is 6. The molecule has 0 atom stereocenters. The standard InChI is InChI=1S/C25H27N3O3/c1-18(29)20-8-9-23(31-2)22(15-20)16-24(30)28-13-11-27(12-14-28)17-21-6-3-5-19-7-4-10-26-25(19)21/h3-10,15H,11-14,16-17H2,1-2H3. The van der Waals surface area contributed by atoms with E-state index in [-0.39, 0.29) is 18.1 Å². The van der Waals surface area contributed by atoms with Crippen LogP contribution in [0.25, 0.3) is 10.9 Å². The van der Waals surface area contributed by atoms with Gasteiger partial charge in [0.1, 0.15) is 5.75 Å². The van der Waals surface area contributed by atoms with Crippen LogP contribution in [0.2, 0.25) is 0 Å². The fourth-order valence-corrected chi connectivity index (χ4v) is 4.10. The number of ketones is 1. The second-order valence-corrected chi connectivity index (χ2v) is 7.91. The van der Waals surface area contributed by atoms with E-state index < -0.39 is 0 Å². The van der Waals surface area contributed by atoms with E-state index in [1.807, 2.05) is 17.2 Å². The minimum Gasteiger partial charge on any atom is -0.496 e. The van der Waals surface area contributed by atoms with Crippen LogP contribution in [-0.4, -0.2) is 59.8 Å². The topological polar surface area (TPSA) is 62.7 Å². The third kappa shape index (κ3) is 4.75. The number of methoxy groups -OCH3 is 1. The molecule has 1 saturated heterocycles. The average Bonchev–Trinajstić information content (AvgIpc) is 2.79. The molecule has 4 rings (SSSR count). The summed E-state index contributed by atoms with van der Waals surface area (Å²) in [5.74, 6) is 0.679. The number of para-hydroxylation sites is 1. The van der Waals surface area contributed by atoms with Crippen LogP contribution in [0.3, 0.4) is 0 Å². The number of piperazine rings is 1. The van der Waals surface area contributed by atoms with Crippen molar-refractivity contribution in [2.45, 2.75) is 19.9 Å². The normalized spacial score (nSPS) is 14.6. The van der Waals surface area contributed by atoms with Gasteiger partial charge in [0.25, 0.3) is 0 Å². The van der Waals surface area contributed by atoms with Crippen molar-refractivity contribution in [1.82, 2.24) is 14.8 Å². The van der Waals surface area contributed by atoms with Crippen molar-refractivity contribution in [2.24, 2.45) is 0 Å². The second-order valence-electron chi connectivity index (χ2n) is 7.91. The SMILES string of the molecule is COc1ccc(C(C)=O)cc1CC(=O)N1CCN(Cc2cccc3cccnc23)CC1. The maximum absolute atomic E-state index is 12.9. The molecule has 1 amide bonds. The van der Waals surface area contributed by atoms with Crippen LogP contribution in [0.1, 0.15) is 28.4 Å². The van der Waals surface area contributed by atoms with Gasteiger partial charge in [-0.2, -0.15) is 0 Å². The molecule has 0 spiro atoms. The summed E-state index contributed by atoms with van der Waals surface area (Å²) in [5, 5.41) is 1.15. The zero-order valence-electron chi connectivity index (χ0n) is 18.0. The summed E-state index contributed by atoms with van der Waals surface area (Å²) in [6.45, 7) is 5.36. The Balaban J connectivity index is 1.38. The molecule has 0 radical (unpaired) electrons. The number of ether oxygens (including phenoxy) is 1. The molecular formula is C25H27N3O3. The molecule has 6 heteroatoms. The number of carbonyl (C=O) groups is 2. The summed E-state index contributed by atoms with van der Waals surface area (Å²) in [5.41, 5.74) is 3.60. The van der Waals surface area contributed by atoms with Gasteiger partial charge >= 0.3 is 0 Å². The number of Topliss-reactive ketones (excluding diaryl/α,β-unsaturated/α-hetero) is 1. The first-order valence-electron chi connectivity index (χ1n) is 10.6. The molecule has 0 aliphatic carbocycles.